The van der Waals surface area contributed by atoms with Crippen LogP contribution in [0.5, 0.6) is 0 Å². The van der Waals surface area contributed by atoms with Crippen molar-refractivity contribution in [2.75, 3.05) is 4.90 Å². The Bertz CT molecular complexity index is 813. The van der Waals surface area contributed by atoms with Crippen LogP contribution in [0.3, 0.4) is 0 Å². The summed E-state index contributed by atoms with van der Waals surface area (Å²) in [6.45, 7) is 2.02. The van der Waals surface area contributed by atoms with Crippen molar-refractivity contribution in [3.05, 3.63) is 55.0 Å². The lowest BCUT2D eigenvalue weighted by atomic mass is 10.2. The van der Waals surface area contributed by atoms with Crippen LogP contribution in [0.15, 0.2) is 34.6 Å². The van der Waals surface area contributed by atoms with Crippen molar-refractivity contribution in [3.8, 4) is 0 Å². The lowest BCUT2D eigenvalue weighted by molar-refractivity contribution is -0.113. The number of anilines is 1. The second kappa shape index (κ2) is 6.34. The summed E-state index contributed by atoms with van der Waals surface area (Å²) in [5.74, 6) is -0.138. The van der Waals surface area contributed by atoms with Crippen LogP contribution < -0.4 is 4.90 Å². The predicted molar refractivity (Wildman–Crippen MR) is 101 cm³/mol. The third-order valence-electron chi connectivity index (χ3n) is 3.12. The van der Waals surface area contributed by atoms with Gasteiger partial charge >= 0.3 is 0 Å². The Morgan fingerprint density at radius 1 is 1.23 bits per heavy atom. The van der Waals surface area contributed by atoms with E-state index in [0.717, 1.165) is 10.4 Å². The number of thiophene rings is 1. The zero-order valence-electron chi connectivity index (χ0n) is 11.3. The zero-order valence-corrected chi connectivity index (χ0v) is 15.3. The molecule has 0 aliphatic carbocycles. The van der Waals surface area contributed by atoms with Crippen LogP contribution in [0.4, 0.5) is 5.69 Å². The first-order valence-electron chi connectivity index (χ1n) is 6.24. The Labute approximate surface area is 151 Å². The van der Waals surface area contributed by atoms with Gasteiger partial charge in [0.15, 0.2) is 4.32 Å². The van der Waals surface area contributed by atoms with Gasteiger partial charge in [-0.15, -0.1) is 11.3 Å². The zero-order chi connectivity index (χ0) is 15.9. The maximum Gasteiger partial charge on any atom is 0.270 e. The number of thioether (sulfide) groups is 1. The number of hydrogen-bond donors (Lipinski definition) is 0. The predicted octanol–water partition coefficient (Wildman–Crippen LogP) is 5.77. The maximum absolute atomic E-state index is 12.6. The van der Waals surface area contributed by atoms with Crippen molar-refractivity contribution < 1.29 is 4.79 Å². The molecule has 1 saturated heterocycles. The van der Waals surface area contributed by atoms with Gasteiger partial charge in [0, 0.05) is 4.88 Å². The highest BCUT2D eigenvalue weighted by Gasteiger charge is 2.33. The molecular weight excluding hydrogens is 377 g/mol. The van der Waals surface area contributed by atoms with Gasteiger partial charge in [0.25, 0.3) is 5.91 Å². The van der Waals surface area contributed by atoms with Gasteiger partial charge in [0.2, 0.25) is 0 Å². The minimum atomic E-state index is -0.138. The van der Waals surface area contributed by atoms with Crippen LogP contribution in [-0.2, 0) is 4.79 Å². The summed E-state index contributed by atoms with van der Waals surface area (Å²) in [6, 6.07) is 7.06. The molecule has 0 bridgehead atoms. The first-order chi connectivity index (χ1) is 10.5. The van der Waals surface area contributed by atoms with E-state index in [1.165, 1.54) is 16.7 Å². The molecule has 112 valence electrons. The topological polar surface area (TPSA) is 20.3 Å². The van der Waals surface area contributed by atoms with Crippen LogP contribution >= 0.6 is 58.5 Å². The van der Waals surface area contributed by atoms with E-state index in [0.29, 0.717) is 25.0 Å². The van der Waals surface area contributed by atoms with Crippen LogP contribution in [0, 0.1) is 6.92 Å². The number of rotatable bonds is 2. The summed E-state index contributed by atoms with van der Waals surface area (Å²) < 4.78 is 0.490. The molecule has 3 rings (SSSR count). The number of nitrogens with zero attached hydrogens (tertiary/aromatic N) is 1. The molecule has 0 N–H and O–H groups in total. The van der Waals surface area contributed by atoms with E-state index in [9.17, 15) is 4.79 Å². The molecule has 0 unspecified atom stereocenters. The normalized spacial score (nSPS) is 16.9. The van der Waals surface area contributed by atoms with Crippen LogP contribution in [0.2, 0.25) is 10.0 Å². The number of amides is 1. The minimum Gasteiger partial charge on any atom is -0.268 e. The number of benzene rings is 1. The number of aryl methyl sites for hydroxylation is 1. The van der Waals surface area contributed by atoms with Gasteiger partial charge < -0.3 is 0 Å². The van der Waals surface area contributed by atoms with Gasteiger partial charge in [-0.05, 0) is 48.2 Å². The summed E-state index contributed by atoms with van der Waals surface area (Å²) in [4.78, 5) is 15.8. The summed E-state index contributed by atoms with van der Waals surface area (Å²) in [5.41, 5.74) is 1.77. The molecule has 1 amide bonds. The van der Waals surface area contributed by atoms with Crippen LogP contribution in [-0.4, -0.2) is 10.2 Å². The van der Waals surface area contributed by atoms with Crippen LogP contribution in [0.25, 0.3) is 6.08 Å². The van der Waals surface area contributed by atoms with Gasteiger partial charge in [0.05, 0.1) is 20.6 Å². The van der Waals surface area contributed by atoms with Gasteiger partial charge in [-0.25, -0.2) is 0 Å². The first kappa shape index (κ1) is 16.0. The van der Waals surface area contributed by atoms with E-state index >= 15 is 0 Å². The van der Waals surface area contributed by atoms with E-state index in [4.69, 9.17) is 35.4 Å². The van der Waals surface area contributed by atoms with Crippen molar-refractivity contribution in [2.24, 2.45) is 0 Å². The third kappa shape index (κ3) is 2.96. The van der Waals surface area contributed by atoms with Crippen molar-refractivity contribution >= 4 is 80.5 Å². The summed E-state index contributed by atoms with van der Waals surface area (Å²) >= 11 is 20.2. The van der Waals surface area contributed by atoms with E-state index in [2.05, 4.69) is 0 Å². The molecule has 1 aliphatic rings. The highest BCUT2D eigenvalue weighted by Crippen LogP contribution is 2.38. The van der Waals surface area contributed by atoms with Crippen LogP contribution in [0.1, 0.15) is 10.4 Å². The minimum absolute atomic E-state index is 0.138. The highest BCUT2D eigenvalue weighted by atomic mass is 35.5. The molecule has 22 heavy (non-hydrogen) atoms. The number of hydrogen-bond acceptors (Lipinski definition) is 4. The average molecular weight is 386 g/mol. The van der Waals surface area contributed by atoms with Gasteiger partial charge in [-0.2, -0.15) is 0 Å². The molecule has 2 aromatic rings. The fourth-order valence-electron chi connectivity index (χ4n) is 1.97. The lowest BCUT2D eigenvalue weighted by Crippen LogP contribution is -2.27. The monoisotopic (exact) mass is 385 g/mol. The number of thiocarbonyl (C=S) groups is 1. The molecule has 1 aromatic heterocycles. The molecule has 0 radical (unpaired) electrons. The maximum atomic E-state index is 12.6. The number of carbonyl (C=O) groups excluding carboxylic acids is 1. The van der Waals surface area contributed by atoms with E-state index in [1.54, 1.807) is 29.5 Å². The SMILES string of the molecule is Cc1ccsc1/C=C1\SC(=S)N(c2ccc(Cl)c(Cl)c2)C1=O. The molecule has 0 spiro atoms. The van der Waals surface area contributed by atoms with E-state index in [-0.39, 0.29) is 5.91 Å². The number of carbonyl (C=O) groups is 1. The second-order valence-electron chi connectivity index (χ2n) is 4.58. The smallest absolute Gasteiger partial charge is 0.268 e. The Morgan fingerprint density at radius 3 is 2.64 bits per heavy atom. The third-order valence-corrected chi connectivity index (χ3v) is 6.13. The second-order valence-corrected chi connectivity index (χ2v) is 8.02. The van der Waals surface area contributed by atoms with Gasteiger partial charge in [-0.1, -0.05) is 47.2 Å². The highest BCUT2D eigenvalue weighted by molar-refractivity contribution is 8.27. The molecule has 1 aliphatic heterocycles. The number of halogens is 2. The standard InChI is InChI=1S/C15H9Cl2NOS3/c1-8-4-5-21-12(8)7-13-14(19)18(15(20)22-13)9-2-3-10(16)11(17)6-9/h2-7H,1H3/b13-7-. The van der Waals surface area contributed by atoms with Crippen molar-refractivity contribution in [2.45, 2.75) is 6.92 Å². The molecule has 7 heteroatoms. The largest absolute Gasteiger partial charge is 0.270 e. The van der Waals surface area contributed by atoms with E-state index < -0.39 is 0 Å². The summed E-state index contributed by atoms with van der Waals surface area (Å²) in [6.07, 6.45) is 1.89. The molecule has 1 aromatic carbocycles. The molecule has 2 nitrogen and oxygen atoms in total. The Kier molecular flexibility index (Phi) is 4.61. The Hall–Kier alpha value is -0.850. The molecular formula is C15H9Cl2NOS3. The molecule has 0 atom stereocenters. The molecule has 2 heterocycles. The average Bonchev–Trinajstić information content (AvgIpc) is 2.99. The quantitative estimate of drug-likeness (QED) is 0.483. The Balaban J connectivity index is 1.96. The lowest BCUT2D eigenvalue weighted by Gasteiger charge is -2.15. The summed E-state index contributed by atoms with van der Waals surface area (Å²) in [7, 11) is 0. The van der Waals surface area contributed by atoms with E-state index in [1.807, 2.05) is 24.4 Å². The fraction of sp³-hybridized carbons (Fsp3) is 0.0667. The summed E-state index contributed by atoms with van der Waals surface area (Å²) in [5, 5.41) is 2.84. The fourth-order valence-corrected chi connectivity index (χ4v) is 4.47. The first-order valence-corrected chi connectivity index (χ1v) is 9.10. The van der Waals surface area contributed by atoms with Crippen molar-refractivity contribution in [1.82, 2.24) is 0 Å². The van der Waals surface area contributed by atoms with Crippen molar-refractivity contribution in [3.63, 3.8) is 0 Å². The Morgan fingerprint density at radius 2 is 2.00 bits per heavy atom. The van der Waals surface area contributed by atoms with Crippen molar-refractivity contribution in [1.29, 1.82) is 0 Å². The molecule has 1 fully saturated rings. The van der Waals surface area contributed by atoms with Gasteiger partial charge in [-0.3, -0.25) is 9.69 Å². The molecule has 0 saturated carbocycles. The van der Waals surface area contributed by atoms with Gasteiger partial charge in [0.1, 0.15) is 0 Å².